The fourth-order valence-corrected chi connectivity index (χ4v) is 1.74. The summed E-state index contributed by atoms with van der Waals surface area (Å²) in [5, 5.41) is 0. The summed E-state index contributed by atoms with van der Waals surface area (Å²) in [4.78, 5) is 0. The smallest absolute Gasteiger partial charge is 2.00 e. The molecule has 0 bridgehead atoms. The molecule has 0 saturated heterocycles. The van der Waals surface area contributed by atoms with Gasteiger partial charge in [-0.05, 0) is 0 Å². The molecule has 0 unspecified atom stereocenters. The third-order valence-corrected chi connectivity index (χ3v) is 2.83. The van der Waals surface area contributed by atoms with Crippen molar-refractivity contribution in [3.8, 4) is 0 Å². The van der Waals surface area contributed by atoms with Crippen molar-refractivity contribution in [1.29, 1.82) is 0 Å². The molecule has 0 aromatic rings. The summed E-state index contributed by atoms with van der Waals surface area (Å²) in [6.45, 7) is 0. The maximum Gasteiger partial charge on any atom is 2.00 e. The van der Waals surface area contributed by atoms with Gasteiger partial charge in [0.15, 0.2) is 0 Å². The molecular formula is H4Cr2KNO8Zn. The first-order chi connectivity index (χ1) is 3.71. The Bertz CT molecular complexity index is 247. The minimum absolute atomic E-state index is 0. The van der Waals surface area contributed by atoms with E-state index in [4.69, 9.17) is 0 Å². The Hall–Kier alpha value is 2.32. The average Bonchev–Trinajstić information content (AvgIpc) is 1.14. The maximum atomic E-state index is 9.38. The molecule has 0 aliphatic rings. The van der Waals surface area contributed by atoms with Crippen molar-refractivity contribution in [1.82, 2.24) is 6.15 Å². The van der Waals surface area contributed by atoms with Crippen molar-refractivity contribution in [2.24, 2.45) is 0 Å². The van der Waals surface area contributed by atoms with Crippen LogP contribution in [0.15, 0.2) is 0 Å². The van der Waals surface area contributed by atoms with Crippen LogP contribution in [-0.4, -0.2) is 5.48 Å². The summed E-state index contributed by atoms with van der Waals surface area (Å²) in [6, 6.07) is 0. The minimum Gasteiger partial charge on any atom is 2.00 e. The van der Waals surface area contributed by atoms with E-state index in [9.17, 15) is 23.5 Å². The van der Waals surface area contributed by atoms with E-state index in [0.717, 1.165) is 0 Å². The normalized spacial score (nSPS) is 9.38. The van der Waals surface area contributed by atoms with Gasteiger partial charge in [-0.25, -0.2) is 0 Å². The van der Waals surface area contributed by atoms with Gasteiger partial charge in [-0.1, -0.05) is 0 Å². The van der Waals surface area contributed by atoms with Crippen LogP contribution in [0, 0.1) is 0 Å². The van der Waals surface area contributed by atoms with Gasteiger partial charge in [-0.3, -0.25) is 0 Å². The molecule has 0 spiro atoms. The van der Waals surface area contributed by atoms with E-state index >= 15 is 0 Å². The number of hydrogen-bond acceptors (Lipinski definition) is 9. The Kier molecular flexibility index (Phi) is 24.6. The molecule has 0 fully saturated rings. The molecule has 0 radical (unpaired) electrons. The first kappa shape index (κ1) is 29.5. The monoisotopic (exact) mass is 353 g/mol. The minimum atomic E-state index is -6.07. The number of hydrogen-bond donors (Lipinski definition) is 1. The van der Waals surface area contributed by atoms with Gasteiger partial charge in [-0.2, -0.15) is 0 Å². The Morgan fingerprint density at radius 3 is 1.08 bits per heavy atom. The Morgan fingerprint density at radius 1 is 0.923 bits per heavy atom. The molecule has 0 amide bonds. The first-order valence-electron chi connectivity index (χ1n) is 1.33. The molecule has 9 nitrogen and oxygen atoms in total. The molecule has 0 atom stereocenters. The van der Waals surface area contributed by atoms with Gasteiger partial charge in [0, 0.05) is 0 Å². The molecule has 13 heteroatoms. The summed E-state index contributed by atoms with van der Waals surface area (Å²) in [6.07, 6.45) is 0. The molecule has 0 heterocycles. The van der Waals surface area contributed by atoms with Gasteiger partial charge >= 0.3 is 124 Å². The van der Waals surface area contributed by atoms with E-state index in [1.165, 1.54) is 0 Å². The number of rotatable bonds is 2. The molecule has 0 aromatic carbocycles. The zero-order valence-electron chi connectivity index (χ0n) is 6.54. The van der Waals surface area contributed by atoms with Crippen LogP contribution in [0.3, 0.4) is 0 Å². The molecule has 0 saturated carbocycles. The van der Waals surface area contributed by atoms with Crippen LogP contribution in [0.5, 0.6) is 0 Å². The second-order valence-electron chi connectivity index (χ2n) is 0.885. The van der Waals surface area contributed by atoms with Crippen LogP contribution in [0.1, 0.15) is 0 Å². The van der Waals surface area contributed by atoms with Crippen LogP contribution in [0.25, 0.3) is 0 Å². The van der Waals surface area contributed by atoms with Crippen molar-refractivity contribution in [3.63, 3.8) is 0 Å². The summed E-state index contributed by atoms with van der Waals surface area (Å²) >= 11 is -12.1. The van der Waals surface area contributed by atoms with Crippen LogP contribution < -0.4 is 65.9 Å². The van der Waals surface area contributed by atoms with E-state index in [2.05, 4.69) is 2.84 Å². The predicted molar refractivity (Wildman–Crippen MR) is 10.8 cm³/mol. The fraction of sp³-hybridized carbons (Fsp3) is 0. The van der Waals surface area contributed by atoms with Crippen molar-refractivity contribution < 1.29 is 130 Å². The summed E-state index contributed by atoms with van der Waals surface area (Å²) in [5.41, 5.74) is 0. The van der Waals surface area contributed by atoms with E-state index in [1.54, 1.807) is 0 Å². The zero-order chi connectivity index (χ0) is 7.71. The second-order valence-corrected chi connectivity index (χ2v) is 4.52. The topological polar surface area (TPSA) is 189 Å². The molecular weight excluding hydrogens is 350 g/mol. The molecule has 0 rings (SSSR count). The maximum absolute atomic E-state index is 9.38. The van der Waals surface area contributed by atoms with Gasteiger partial charge in [0.2, 0.25) is 0 Å². The largest absolute Gasteiger partial charge is 2.00 e. The van der Waals surface area contributed by atoms with Gasteiger partial charge in [0.25, 0.3) is 0 Å². The van der Waals surface area contributed by atoms with E-state index in [0.29, 0.717) is 0 Å². The van der Waals surface area contributed by atoms with E-state index < -0.39 is 27.2 Å². The Labute approximate surface area is 133 Å². The molecule has 72 valence electrons. The quantitative estimate of drug-likeness (QED) is 0.470. The van der Waals surface area contributed by atoms with Gasteiger partial charge in [0.1, 0.15) is 0 Å². The average molecular weight is 355 g/mol. The summed E-state index contributed by atoms with van der Waals surface area (Å²) < 4.78 is 58.9. The molecule has 0 aromatic heterocycles. The second kappa shape index (κ2) is 10.8. The van der Waals surface area contributed by atoms with E-state index in [-0.39, 0.29) is 82.5 Å². The molecule has 4 N–H and O–H groups in total. The third-order valence-electron chi connectivity index (χ3n) is 0.167. The SMILES string of the molecule is N.[K+].[OH-].[O]=[Cr](=[O])([O-])[O][Cr](=[O])(=[O])[O-].[Zn+2]. The first-order valence-corrected chi connectivity index (χ1v) is 5.50. The van der Waals surface area contributed by atoms with Gasteiger partial charge in [0.05, 0.1) is 0 Å². The van der Waals surface area contributed by atoms with Crippen LogP contribution in [0.2, 0.25) is 0 Å². The van der Waals surface area contributed by atoms with Crippen LogP contribution in [-0.2, 0) is 64.8 Å². The van der Waals surface area contributed by atoms with Crippen LogP contribution >= 0.6 is 0 Å². The summed E-state index contributed by atoms with van der Waals surface area (Å²) in [5.74, 6) is 0. The van der Waals surface area contributed by atoms with Crippen molar-refractivity contribution >= 4 is 0 Å². The van der Waals surface area contributed by atoms with Crippen LogP contribution in [0.4, 0.5) is 0 Å². The third kappa shape index (κ3) is 31.4. The predicted octanol–water partition coefficient (Wildman–Crippen LogP) is -5.94. The van der Waals surface area contributed by atoms with Gasteiger partial charge in [-0.15, -0.1) is 0 Å². The van der Waals surface area contributed by atoms with E-state index in [1.807, 2.05) is 0 Å². The molecule has 0 aliphatic carbocycles. The standard InChI is InChI=1S/2Cr.K.H3N.H2O.7O.Zn/h;;;1H3;1H2;;;;;;;;/q;;+1;;;;;;;;2*-1;+2/p-1. The Balaban J connectivity index is -0.0000000533. The zero-order valence-corrected chi connectivity index (χ0v) is 15.2. The summed E-state index contributed by atoms with van der Waals surface area (Å²) in [7, 11) is 0. The van der Waals surface area contributed by atoms with Crippen molar-refractivity contribution in [2.75, 3.05) is 0 Å². The van der Waals surface area contributed by atoms with Crippen molar-refractivity contribution in [2.45, 2.75) is 0 Å². The van der Waals surface area contributed by atoms with Crippen molar-refractivity contribution in [3.05, 3.63) is 0 Å². The fourth-order valence-electron chi connectivity index (χ4n) is 0.102. The van der Waals surface area contributed by atoms with Gasteiger partial charge < -0.3 is 11.6 Å². The molecule has 13 heavy (non-hydrogen) atoms. The Morgan fingerprint density at radius 2 is 1.08 bits per heavy atom. The molecule has 0 aliphatic heterocycles.